The van der Waals surface area contributed by atoms with Crippen molar-refractivity contribution in [2.24, 2.45) is 0 Å². The van der Waals surface area contributed by atoms with E-state index in [1.54, 1.807) is 6.20 Å². The molecule has 0 radical (unpaired) electrons. The topological polar surface area (TPSA) is 44.9 Å². The fourth-order valence-corrected chi connectivity index (χ4v) is 1.24. The number of aromatic nitrogens is 1. The average Bonchev–Trinajstić information content (AvgIpc) is 2.36. The Morgan fingerprint density at radius 2 is 2.40 bits per heavy atom. The van der Waals surface area contributed by atoms with Gasteiger partial charge in [-0.1, -0.05) is 0 Å². The van der Waals surface area contributed by atoms with Gasteiger partial charge in [-0.05, 0) is 18.1 Å². The number of nitrogens with one attached hydrogen (secondary N) is 2. The SMILES string of the molecule is O=c1[nH]ccc2c1NCC2. The van der Waals surface area contributed by atoms with Gasteiger partial charge in [0.1, 0.15) is 5.69 Å². The summed E-state index contributed by atoms with van der Waals surface area (Å²) >= 11 is 0. The van der Waals surface area contributed by atoms with Gasteiger partial charge in [-0.15, -0.1) is 0 Å². The maximum atomic E-state index is 11.0. The number of hydrogen-bond donors (Lipinski definition) is 2. The molecule has 1 aliphatic heterocycles. The first-order chi connectivity index (χ1) is 4.88. The second-order valence-electron chi connectivity index (χ2n) is 2.38. The van der Waals surface area contributed by atoms with Gasteiger partial charge < -0.3 is 10.3 Å². The second-order valence-corrected chi connectivity index (χ2v) is 2.38. The van der Waals surface area contributed by atoms with Gasteiger partial charge in [0.2, 0.25) is 0 Å². The summed E-state index contributed by atoms with van der Waals surface area (Å²) in [4.78, 5) is 13.6. The third-order valence-corrected chi connectivity index (χ3v) is 1.74. The molecule has 0 aliphatic carbocycles. The fourth-order valence-electron chi connectivity index (χ4n) is 1.24. The van der Waals surface area contributed by atoms with E-state index in [9.17, 15) is 4.79 Å². The largest absolute Gasteiger partial charge is 0.380 e. The zero-order chi connectivity index (χ0) is 6.97. The molecule has 2 heterocycles. The van der Waals surface area contributed by atoms with Crippen LogP contribution in [0.5, 0.6) is 0 Å². The van der Waals surface area contributed by atoms with Crippen LogP contribution in [0.15, 0.2) is 17.1 Å². The lowest BCUT2D eigenvalue weighted by atomic mass is 10.2. The molecule has 0 bridgehead atoms. The van der Waals surface area contributed by atoms with Crippen molar-refractivity contribution in [3.8, 4) is 0 Å². The Kier molecular flexibility index (Phi) is 1.03. The molecular formula is C7H8N2O. The standard InChI is InChI=1S/C7H8N2O/c10-7-6-5(1-3-8-6)2-4-9-7/h2,4,8H,1,3H2,(H,9,10). The Morgan fingerprint density at radius 1 is 1.50 bits per heavy atom. The number of anilines is 1. The van der Waals surface area contributed by atoms with Crippen LogP contribution in [-0.4, -0.2) is 11.5 Å². The van der Waals surface area contributed by atoms with Gasteiger partial charge in [-0.2, -0.15) is 0 Å². The van der Waals surface area contributed by atoms with E-state index in [1.165, 1.54) is 0 Å². The van der Waals surface area contributed by atoms with E-state index >= 15 is 0 Å². The third kappa shape index (κ3) is 0.635. The molecule has 0 unspecified atom stereocenters. The van der Waals surface area contributed by atoms with Gasteiger partial charge in [0.25, 0.3) is 5.56 Å². The summed E-state index contributed by atoms with van der Waals surface area (Å²) in [5.41, 5.74) is 1.88. The molecule has 1 aromatic heterocycles. The minimum atomic E-state index is -0.00463. The molecular weight excluding hydrogens is 128 g/mol. The molecule has 0 spiro atoms. The monoisotopic (exact) mass is 136 g/mol. The molecule has 0 amide bonds. The van der Waals surface area contributed by atoms with Crippen LogP contribution in [0.1, 0.15) is 5.56 Å². The van der Waals surface area contributed by atoms with Crippen molar-refractivity contribution < 1.29 is 0 Å². The molecule has 52 valence electrons. The summed E-state index contributed by atoms with van der Waals surface area (Å²) in [6.45, 7) is 0.891. The number of H-pyrrole nitrogens is 1. The van der Waals surface area contributed by atoms with Crippen molar-refractivity contribution in [2.75, 3.05) is 11.9 Å². The summed E-state index contributed by atoms with van der Waals surface area (Å²) < 4.78 is 0. The predicted octanol–water partition coefficient (Wildman–Crippen LogP) is 0.343. The fraction of sp³-hybridized carbons (Fsp3) is 0.286. The first kappa shape index (κ1) is 5.53. The van der Waals surface area contributed by atoms with Crippen molar-refractivity contribution in [3.05, 3.63) is 28.2 Å². The molecule has 10 heavy (non-hydrogen) atoms. The first-order valence-corrected chi connectivity index (χ1v) is 3.32. The van der Waals surface area contributed by atoms with Crippen LogP contribution in [0.2, 0.25) is 0 Å². The zero-order valence-corrected chi connectivity index (χ0v) is 5.48. The summed E-state index contributed by atoms with van der Waals surface area (Å²) in [5, 5.41) is 3.02. The number of hydrogen-bond acceptors (Lipinski definition) is 2. The van der Waals surface area contributed by atoms with Crippen molar-refractivity contribution >= 4 is 5.69 Å². The maximum Gasteiger partial charge on any atom is 0.271 e. The molecule has 2 N–H and O–H groups in total. The van der Waals surface area contributed by atoms with Gasteiger partial charge in [0.05, 0.1) is 0 Å². The van der Waals surface area contributed by atoms with Crippen LogP contribution in [0, 0.1) is 0 Å². The highest BCUT2D eigenvalue weighted by atomic mass is 16.1. The van der Waals surface area contributed by atoms with Crippen LogP contribution in [0.3, 0.4) is 0 Å². The maximum absolute atomic E-state index is 11.0. The minimum absolute atomic E-state index is 0.00463. The van der Waals surface area contributed by atoms with Gasteiger partial charge >= 0.3 is 0 Å². The van der Waals surface area contributed by atoms with E-state index < -0.39 is 0 Å². The van der Waals surface area contributed by atoms with Crippen LogP contribution in [0.4, 0.5) is 5.69 Å². The van der Waals surface area contributed by atoms with E-state index in [-0.39, 0.29) is 5.56 Å². The van der Waals surface area contributed by atoms with Crippen LogP contribution in [-0.2, 0) is 6.42 Å². The molecule has 3 heteroatoms. The normalized spacial score (nSPS) is 14.4. The van der Waals surface area contributed by atoms with E-state index in [2.05, 4.69) is 10.3 Å². The lowest BCUT2D eigenvalue weighted by molar-refractivity contribution is 1.10. The average molecular weight is 136 g/mol. The molecule has 1 aliphatic rings. The summed E-state index contributed by atoms with van der Waals surface area (Å²) in [5.74, 6) is 0. The number of aromatic amines is 1. The first-order valence-electron chi connectivity index (χ1n) is 3.32. The van der Waals surface area contributed by atoms with E-state index in [1.807, 2.05) is 6.07 Å². The molecule has 3 nitrogen and oxygen atoms in total. The van der Waals surface area contributed by atoms with Crippen LogP contribution < -0.4 is 10.9 Å². The van der Waals surface area contributed by atoms with Gasteiger partial charge in [-0.3, -0.25) is 4.79 Å². The van der Waals surface area contributed by atoms with Gasteiger partial charge in [-0.25, -0.2) is 0 Å². The molecule has 0 saturated carbocycles. The molecule has 0 atom stereocenters. The minimum Gasteiger partial charge on any atom is -0.380 e. The Bertz CT molecular complexity index is 303. The Hall–Kier alpha value is -1.25. The second kappa shape index (κ2) is 1.87. The van der Waals surface area contributed by atoms with Crippen LogP contribution in [0.25, 0.3) is 0 Å². The molecule has 0 fully saturated rings. The molecule has 0 saturated heterocycles. The number of fused-ring (bicyclic) bond motifs is 1. The van der Waals surface area contributed by atoms with Crippen molar-refractivity contribution in [1.82, 2.24) is 4.98 Å². The number of rotatable bonds is 0. The predicted molar refractivity (Wildman–Crippen MR) is 39.3 cm³/mol. The summed E-state index contributed by atoms with van der Waals surface area (Å²) in [6.07, 6.45) is 2.66. The van der Waals surface area contributed by atoms with Crippen LogP contribution >= 0.6 is 0 Å². The highest BCUT2D eigenvalue weighted by Crippen LogP contribution is 2.14. The zero-order valence-electron chi connectivity index (χ0n) is 5.48. The van der Waals surface area contributed by atoms with E-state index in [0.717, 1.165) is 24.2 Å². The molecule has 1 aromatic rings. The smallest absolute Gasteiger partial charge is 0.271 e. The highest BCUT2D eigenvalue weighted by Gasteiger charge is 2.11. The van der Waals surface area contributed by atoms with Gasteiger partial charge in [0, 0.05) is 12.7 Å². The Morgan fingerprint density at radius 3 is 3.20 bits per heavy atom. The van der Waals surface area contributed by atoms with E-state index in [0.29, 0.717) is 0 Å². The van der Waals surface area contributed by atoms with Gasteiger partial charge in [0.15, 0.2) is 0 Å². The highest BCUT2D eigenvalue weighted by molar-refractivity contribution is 5.52. The lowest BCUT2D eigenvalue weighted by Crippen LogP contribution is -2.09. The molecule has 0 aromatic carbocycles. The Labute approximate surface area is 58.1 Å². The Balaban J connectivity index is 2.70. The van der Waals surface area contributed by atoms with E-state index in [4.69, 9.17) is 0 Å². The number of pyridine rings is 1. The molecule has 2 rings (SSSR count). The lowest BCUT2D eigenvalue weighted by Gasteiger charge is -1.93. The third-order valence-electron chi connectivity index (χ3n) is 1.74. The quantitative estimate of drug-likeness (QED) is 0.540. The summed E-state index contributed by atoms with van der Waals surface area (Å²) in [6, 6.07) is 1.94. The van der Waals surface area contributed by atoms with Crippen molar-refractivity contribution in [2.45, 2.75) is 6.42 Å². The van der Waals surface area contributed by atoms with Crippen molar-refractivity contribution in [3.63, 3.8) is 0 Å². The summed E-state index contributed by atoms with van der Waals surface area (Å²) in [7, 11) is 0. The van der Waals surface area contributed by atoms with Crippen molar-refractivity contribution in [1.29, 1.82) is 0 Å².